The fourth-order valence-electron chi connectivity index (χ4n) is 3.15. The van der Waals surface area contributed by atoms with Crippen LogP contribution in [0.15, 0.2) is 71.5 Å². The molecule has 6 nitrogen and oxygen atoms in total. The smallest absolute Gasteiger partial charge is 0.266 e. The van der Waals surface area contributed by atoms with Crippen LogP contribution in [0.3, 0.4) is 0 Å². The molecule has 0 bridgehead atoms. The first-order chi connectivity index (χ1) is 14.0. The van der Waals surface area contributed by atoms with Gasteiger partial charge in [0.25, 0.3) is 11.5 Å². The van der Waals surface area contributed by atoms with Crippen LogP contribution >= 0.6 is 0 Å². The van der Waals surface area contributed by atoms with E-state index in [9.17, 15) is 9.59 Å². The van der Waals surface area contributed by atoms with Crippen molar-refractivity contribution in [1.82, 2.24) is 15.1 Å². The van der Waals surface area contributed by atoms with E-state index < -0.39 is 0 Å². The summed E-state index contributed by atoms with van der Waals surface area (Å²) in [7, 11) is 1.61. The van der Waals surface area contributed by atoms with E-state index in [1.807, 2.05) is 42.5 Å². The van der Waals surface area contributed by atoms with Gasteiger partial charge in [0.15, 0.2) is 0 Å². The molecule has 0 unspecified atom stereocenters. The van der Waals surface area contributed by atoms with E-state index in [0.717, 1.165) is 24.2 Å². The van der Waals surface area contributed by atoms with Gasteiger partial charge in [-0.05, 0) is 43.2 Å². The number of rotatable bonds is 7. The topological polar surface area (TPSA) is 73.2 Å². The number of benzene rings is 2. The minimum absolute atomic E-state index is 0.0162. The van der Waals surface area contributed by atoms with Gasteiger partial charge in [-0.2, -0.15) is 5.10 Å². The third-order valence-electron chi connectivity index (χ3n) is 5.25. The Hall–Kier alpha value is -3.41. The molecule has 1 aliphatic carbocycles. The summed E-state index contributed by atoms with van der Waals surface area (Å²) in [4.78, 5) is 24.2. The van der Waals surface area contributed by atoms with Gasteiger partial charge in [-0.25, -0.2) is 4.68 Å². The van der Waals surface area contributed by atoms with Gasteiger partial charge in [-0.1, -0.05) is 30.3 Å². The Morgan fingerprint density at radius 2 is 1.90 bits per heavy atom. The summed E-state index contributed by atoms with van der Waals surface area (Å²) >= 11 is 0. The lowest BCUT2D eigenvalue weighted by Crippen LogP contribution is -2.33. The molecule has 148 valence electrons. The number of ether oxygens (including phenoxy) is 1. The van der Waals surface area contributed by atoms with Crippen molar-refractivity contribution in [2.45, 2.75) is 12.8 Å². The second-order valence-electron chi connectivity index (χ2n) is 7.55. The summed E-state index contributed by atoms with van der Waals surface area (Å²) in [6.45, 7) is 1.18. The molecule has 1 N–H and O–H groups in total. The normalized spacial score (nSPS) is 14.2. The number of aryl methyl sites for hydroxylation is 1. The summed E-state index contributed by atoms with van der Waals surface area (Å²) < 4.78 is 7.17. The molecule has 0 spiro atoms. The number of hydrogen-bond donors (Lipinski definition) is 1. The summed E-state index contributed by atoms with van der Waals surface area (Å²) in [6.07, 6.45) is 2.09. The fourth-order valence-corrected chi connectivity index (χ4v) is 3.15. The van der Waals surface area contributed by atoms with Crippen LogP contribution in [0.5, 0.6) is 5.75 Å². The van der Waals surface area contributed by atoms with Crippen LogP contribution in [0, 0.1) is 5.41 Å². The molecule has 1 aromatic heterocycles. The number of carbonyl (C=O) groups is 1. The van der Waals surface area contributed by atoms with Gasteiger partial charge in [0.05, 0.1) is 12.3 Å². The predicted octanol–water partition coefficient (Wildman–Crippen LogP) is 3.04. The third kappa shape index (κ3) is 4.54. The minimum atomic E-state index is -0.171. The Balaban J connectivity index is 1.38. The molecule has 1 aliphatic rings. The number of hydrogen-bond acceptors (Lipinski definition) is 4. The summed E-state index contributed by atoms with van der Waals surface area (Å²) in [6, 6.07) is 20.1. The highest BCUT2D eigenvalue weighted by Gasteiger charge is 2.43. The summed E-state index contributed by atoms with van der Waals surface area (Å²) in [5.74, 6) is 0.727. The predicted molar refractivity (Wildman–Crippen MR) is 111 cm³/mol. The SMILES string of the molecule is Cn1nc(-c2cccc(C(=O)NCC3(COc4ccccc4)CC3)c2)ccc1=O. The van der Waals surface area contributed by atoms with E-state index in [1.165, 1.54) is 10.7 Å². The number of nitrogens with one attached hydrogen (secondary N) is 1. The van der Waals surface area contributed by atoms with Crippen LogP contribution < -0.4 is 15.6 Å². The van der Waals surface area contributed by atoms with Crippen LogP contribution in [-0.2, 0) is 7.05 Å². The van der Waals surface area contributed by atoms with Crippen molar-refractivity contribution in [3.8, 4) is 17.0 Å². The lowest BCUT2D eigenvalue weighted by Gasteiger charge is -2.17. The van der Waals surface area contributed by atoms with Crippen LogP contribution in [0.1, 0.15) is 23.2 Å². The Labute approximate surface area is 169 Å². The highest BCUT2D eigenvalue weighted by molar-refractivity contribution is 5.95. The molecule has 0 saturated heterocycles. The molecule has 2 aromatic carbocycles. The van der Waals surface area contributed by atoms with Crippen molar-refractivity contribution in [3.05, 3.63) is 82.6 Å². The molecule has 1 fully saturated rings. The van der Waals surface area contributed by atoms with Gasteiger partial charge in [0.2, 0.25) is 0 Å². The first-order valence-corrected chi connectivity index (χ1v) is 9.66. The molecule has 0 aliphatic heterocycles. The molecular formula is C23H23N3O3. The third-order valence-corrected chi connectivity index (χ3v) is 5.25. The standard InChI is InChI=1S/C23H23N3O3/c1-26-21(27)11-10-20(25-26)17-6-5-7-18(14-17)22(28)24-15-23(12-13-23)16-29-19-8-3-2-4-9-19/h2-11,14H,12-13,15-16H2,1H3,(H,24,28). The van der Waals surface area contributed by atoms with Crippen molar-refractivity contribution in [2.24, 2.45) is 12.5 Å². The first kappa shape index (κ1) is 18.9. The molecule has 3 aromatic rings. The lowest BCUT2D eigenvalue weighted by molar-refractivity contribution is 0.0937. The summed E-state index contributed by atoms with van der Waals surface area (Å²) in [5, 5.41) is 7.29. The van der Waals surface area contributed by atoms with Gasteiger partial charge in [-0.15, -0.1) is 0 Å². The lowest BCUT2D eigenvalue weighted by atomic mass is 10.1. The van der Waals surface area contributed by atoms with Gasteiger partial charge in [0.1, 0.15) is 5.75 Å². The Bertz CT molecular complexity index is 1070. The van der Waals surface area contributed by atoms with E-state index in [0.29, 0.717) is 24.4 Å². The zero-order chi connectivity index (χ0) is 20.3. The largest absolute Gasteiger partial charge is 0.493 e. The van der Waals surface area contributed by atoms with Gasteiger partial charge in [-0.3, -0.25) is 9.59 Å². The van der Waals surface area contributed by atoms with Crippen molar-refractivity contribution < 1.29 is 9.53 Å². The number of aromatic nitrogens is 2. The maximum absolute atomic E-state index is 12.7. The molecule has 0 atom stereocenters. The van der Waals surface area contributed by atoms with E-state index >= 15 is 0 Å². The molecule has 29 heavy (non-hydrogen) atoms. The highest BCUT2D eigenvalue weighted by atomic mass is 16.5. The fraction of sp³-hybridized carbons (Fsp3) is 0.261. The zero-order valence-corrected chi connectivity index (χ0v) is 16.3. The molecule has 1 amide bonds. The number of nitrogens with zero attached hydrogens (tertiary/aromatic N) is 2. The monoisotopic (exact) mass is 389 g/mol. The van der Waals surface area contributed by atoms with E-state index in [-0.39, 0.29) is 16.9 Å². The molecule has 4 rings (SSSR count). The first-order valence-electron chi connectivity index (χ1n) is 9.66. The van der Waals surface area contributed by atoms with Gasteiger partial charge in [0, 0.05) is 36.2 Å². The van der Waals surface area contributed by atoms with Gasteiger partial charge >= 0.3 is 0 Å². The average molecular weight is 389 g/mol. The molecule has 0 radical (unpaired) electrons. The van der Waals surface area contributed by atoms with Crippen molar-refractivity contribution in [3.63, 3.8) is 0 Å². The molecule has 6 heteroatoms. The number of carbonyl (C=O) groups excluding carboxylic acids is 1. The Kier molecular flexibility index (Phi) is 5.16. The second kappa shape index (κ2) is 7.91. The van der Waals surface area contributed by atoms with Crippen LogP contribution in [0.2, 0.25) is 0 Å². The number of para-hydroxylation sites is 1. The van der Waals surface area contributed by atoms with Gasteiger partial charge < -0.3 is 10.1 Å². The molecular weight excluding hydrogens is 366 g/mol. The van der Waals surface area contributed by atoms with E-state index in [2.05, 4.69) is 10.4 Å². The molecule has 1 saturated carbocycles. The van der Waals surface area contributed by atoms with Crippen molar-refractivity contribution in [2.75, 3.05) is 13.2 Å². The highest BCUT2D eigenvalue weighted by Crippen LogP contribution is 2.45. The Morgan fingerprint density at radius 3 is 2.62 bits per heavy atom. The van der Waals surface area contributed by atoms with Crippen molar-refractivity contribution in [1.29, 1.82) is 0 Å². The van der Waals surface area contributed by atoms with E-state index in [4.69, 9.17) is 4.74 Å². The average Bonchev–Trinajstić information content (AvgIpc) is 3.54. The maximum Gasteiger partial charge on any atom is 0.266 e. The van der Waals surface area contributed by atoms with E-state index in [1.54, 1.807) is 25.2 Å². The van der Waals surface area contributed by atoms with Crippen LogP contribution in [0.4, 0.5) is 0 Å². The second-order valence-corrected chi connectivity index (χ2v) is 7.55. The number of amides is 1. The van der Waals surface area contributed by atoms with Crippen molar-refractivity contribution >= 4 is 5.91 Å². The Morgan fingerprint density at radius 1 is 1.10 bits per heavy atom. The zero-order valence-electron chi connectivity index (χ0n) is 16.3. The minimum Gasteiger partial charge on any atom is -0.493 e. The molecule has 1 heterocycles. The maximum atomic E-state index is 12.7. The quantitative estimate of drug-likeness (QED) is 0.674. The van der Waals surface area contributed by atoms with Crippen LogP contribution in [0.25, 0.3) is 11.3 Å². The summed E-state index contributed by atoms with van der Waals surface area (Å²) in [5.41, 5.74) is 1.86. The van der Waals surface area contributed by atoms with Crippen LogP contribution in [-0.4, -0.2) is 28.8 Å².